The van der Waals surface area contributed by atoms with Gasteiger partial charge in [0, 0.05) is 16.4 Å². The van der Waals surface area contributed by atoms with Crippen molar-refractivity contribution in [1.82, 2.24) is 4.98 Å². The molecule has 0 radical (unpaired) electrons. The molecule has 0 saturated carbocycles. The number of carbonyl (C=O) groups excluding carboxylic acids is 1. The molecular weight excluding hydrogens is 308 g/mol. The fraction of sp³-hybridized carbons (Fsp3) is 0.231. The molecule has 6 heteroatoms. The number of anilines is 2. The van der Waals surface area contributed by atoms with Crippen LogP contribution in [0.15, 0.2) is 28.9 Å². The van der Waals surface area contributed by atoms with E-state index in [9.17, 15) is 4.79 Å². The minimum Gasteiger partial charge on any atom is -0.396 e. The normalized spacial score (nSPS) is 10.6. The zero-order valence-corrected chi connectivity index (χ0v) is 12.1. The van der Waals surface area contributed by atoms with Crippen molar-refractivity contribution < 1.29 is 4.79 Å². The van der Waals surface area contributed by atoms with Crippen LogP contribution in [0.4, 0.5) is 11.4 Å². The third-order valence-corrected chi connectivity index (χ3v) is 3.37. The smallest absolute Gasteiger partial charge is 0.236 e. The van der Waals surface area contributed by atoms with Crippen molar-refractivity contribution in [2.24, 2.45) is 5.73 Å². The quantitative estimate of drug-likeness (QED) is 0.900. The van der Waals surface area contributed by atoms with E-state index in [4.69, 9.17) is 11.5 Å². The molecule has 2 aromatic rings. The highest BCUT2D eigenvalue weighted by molar-refractivity contribution is 9.10. The number of nitrogens with two attached hydrogens (primary N) is 2. The average molecular weight is 323 g/mol. The third-order valence-electron chi connectivity index (χ3n) is 2.87. The molecule has 1 heterocycles. The van der Waals surface area contributed by atoms with E-state index in [1.807, 2.05) is 30.0 Å². The predicted octanol–water partition coefficient (Wildman–Crippen LogP) is 1.89. The number of rotatable bonds is 4. The Morgan fingerprint density at radius 2 is 2.21 bits per heavy atom. The first kappa shape index (κ1) is 13.6. The van der Waals surface area contributed by atoms with Gasteiger partial charge in [-0.2, -0.15) is 0 Å². The largest absolute Gasteiger partial charge is 0.396 e. The van der Waals surface area contributed by atoms with Crippen LogP contribution >= 0.6 is 15.9 Å². The summed E-state index contributed by atoms with van der Waals surface area (Å²) >= 11 is 3.43. The zero-order chi connectivity index (χ0) is 14.0. The van der Waals surface area contributed by atoms with E-state index in [2.05, 4.69) is 20.9 Å². The Bertz CT molecular complexity index is 624. The van der Waals surface area contributed by atoms with E-state index >= 15 is 0 Å². The van der Waals surface area contributed by atoms with Crippen LogP contribution in [-0.2, 0) is 4.79 Å². The number of amides is 1. The van der Waals surface area contributed by atoms with Crippen molar-refractivity contribution in [1.29, 1.82) is 0 Å². The number of nitrogens with zero attached hydrogens (tertiary/aromatic N) is 2. The molecule has 0 aliphatic heterocycles. The number of carbonyl (C=O) groups is 1. The minimum atomic E-state index is -0.388. The Labute approximate surface area is 119 Å². The van der Waals surface area contributed by atoms with Crippen LogP contribution < -0.4 is 16.4 Å². The SMILES string of the molecule is CCN(CC(N)=O)c1c(N)cnc2ccc(Br)cc12. The van der Waals surface area contributed by atoms with Gasteiger partial charge in [0.05, 0.1) is 29.6 Å². The van der Waals surface area contributed by atoms with Crippen molar-refractivity contribution in [3.63, 3.8) is 0 Å². The highest BCUT2D eigenvalue weighted by Crippen LogP contribution is 2.32. The maximum absolute atomic E-state index is 11.2. The summed E-state index contributed by atoms with van der Waals surface area (Å²) < 4.78 is 0.934. The zero-order valence-electron chi connectivity index (χ0n) is 10.6. The molecule has 0 atom stereocenters. The second kappa shape index (κ2) is 5.44. The van der Waals surface area contributed by atoms with Crippen LogP contribution in [0.5, 0.6) is 0 Å². The van der Waals surface area contributed by atoms with E-state index < -0.39 is 0 Å². The fourth-order valence-corrected chi connectivity index (χ4v) is 2.42. The van der Waals surface area contributed by atoms with Gasteiger partial charge >= 0.3 is 0 Å². The van der Waals surface area contributed by atoms with E-state index in [1.165, 1.54) is 0 Å². The second-order valence-electron chi connectivity index (χ2n) is 4.20. The monoisotopic (exact) mass is 322 g/mol. The van der Waals surface area contributed by atoms with Gasteiger partial charge in [-0.25, -0.2) is 0 Å². The summed E-state index contributed by atoms with van der Waals surface area (Å²) in [4.78, 5) is 17.3. The lowest BCUT2D eigenvalue weighted by molar-refractivity contribution is -0.116. The Hall–Kier alpha value is -1.82. The average Bonchev–Trinajstić information content (AvgIpc) is 2.36. The van der Waals surface area contributed by atoms with Crippen molar-refractivity contribution in [2.45, 2.75) is 6.92 Å². The third kappa shape index (κ3) is 2.78. The molecule has 1 aromatic carbocycles. The lowest BCUT2D eigenvalue weighted by Gasteiger charge is -2.24. The number of hydrogen-bond acceptors (Lipinski definition) is 4. The number of nitrogen functional groups attached to an aromatic ring is 1. The highest BCUT2D eigenvalue weighted by atomic mass is 79.9. The van der Waals surface area contributed by atoms with Gasteiger partial charge in [0.1, 0.15) is 0 Å². The lowest BCUT2D eigenvalue weighted by atomic mass is 10.1. The van der Waals surface area contributed by atoms with E-state index in [-0.39, 0.29) is 12.5 Å². The molecule has 0 fully saturated rings. The molecule has 4 N–H and O–H groups in total. The summed E-state index contributed by atoms with van der Waals surface area (Å²) in [5, 5.41) is 0.900. The maximum Gasteiger partial charge on any atom is 0.236 e. The van der Waals surface area contributed by atoms with Crippen LogP contribution in [0.25, 0.3) is 10.9 Å². The minimum absolute atomic E-state index is 0.131. The second-order valence-corrected chi connectivity index (χ2v) is 5.12. The number of halogens is 1. The van der Waals surface area contributed by atoms with Crippen molar-refractivity contribution in [3.05, 3.63) is 28.9 Å². The molecule has 1 amide bonds. The Balaban J connectivity index is 2.65. The van der Waals surface area contributed by atoms with E-state index in [0.717, 1.165) is 21.1 Å². The van der Waals surface area contributed by atoms with Gasteiger partial charge < -0.3 is 16.4 Å². The number of pyridine rings is 1. The van der Waals surface area contributed by atoms with Crippen LogP contribution in [-0.4, -0.2) is 24.0 Å². The molecule has 19 heavy (non-hydrogen) atoms. The first-order valence-electron chi connectivity index (χ1n) is 5.90. The molecule has 5 nitrogen and oxygen atoms in total. The van der Waals surface area contributed by atoms with Crippen LogP contribution in [0, 0.1) is 0 Å². The number of benzene rings is 1. The summed E-state index contributed by atoms with van der Waals surface area (Å²) in [7, 11) is 0. The van der Waals surface area contributed by atoms with Crippen molar-refractivity contribution in [2.75, 3.05) is 23.7 Å². The standard InChI is InChI=1S/C13H15BrN4O/c1-2-18(7-12(16)19)13-9-5-8(14)3-4-11(9)17-6-10(13)15/h3-6H,2,7,15H2,1H3,(H2,16,19). The van der Waals surface area contributed by atoms with Crippen molar-refractivity contribution >= 4 is 44.1 Å². The van der Waals surface area contributed by atoms with Crippen LogP contribution in [0.1, 0.15) is 6.92 Å². The van der Waals surface area contributed by atoms with E-state index in [1.54, 1.807) is 6.20 Å². The van der Waals surface area contributed by atoms with Crippen LogP contribution in [0.3, 0.4) is 0 Å². The molecule has 0 aliphatic rings. The summed E-state index contributed by atoms with van der Waals surface area (Å²) in [5.41, 5.74) is 13.5. The van der Waals surface area contributed by atoms with Gasteiger partial charge in [0.2, 0.25) is 5.91 Å². The maximum atomic E-state index is 11.2. The molecule has 0 saturated heterocycles. The van der Waals surface area contributed by atoms with Gasteiger partial charge in [0.25, 0.3) is 0 Å². The molecule has 100 valence electrons. The summed E-state index contributed by atoms with van der Waals surface area (Å²) in [6.45, 7) is 2.72. The Kier molecular flexibility index (Phi) is 3.90. The number of fused-ring (bicyclic) bond motifs is 1. The van der Waals surface area contributed by atoms with Gasteiger partial charge in [-0.3, -0.25) is 9.78 Å². The molecular formula is C13H15BrN4O. The molecule has 0 bridgehead atoms. The molecule has 1 aromatic heterocycles. The topological polar surface area (TPSA) is 85.2 Å². The van der Waals surface area contributed by atoms with Gasteiger partial charge in [0.15, 0.2) is 0 Å². The first-order chi connectivity index (χ1) is 9.02. The number of primary amides is 1. The molecule has 0 unspecified atom stereocenters. The Morgan fingerprint density at radius 1 is 1.47 bits per heavy atom. The summed E-state index contributed by atoms with van der Waals surface area (Å²) in [5.74, 6) is -0.388. The van der Waals surface area contributed by atoms with Gasteiger partial charge in [-0.15, -0.1) is 0 Å². The molecule has 0 aliphatic carbocycles. The highest BCUT2D eigenvalue weighted by Gasteiger charge is 2.15. The summed E-state index contributed by atoms with van der Waals surface area (Å²) in [6.07, 6.45) is 1.61. The number of likely N-dealkylation sites (N-methyl/N-ethyl adjacent to an activating group) is 1. The van der Waals surface area contributed by atoms with E-state index in [0.29, 0.717) is 12.2 Å². The fourth-order valence-electron chi connectivity index (χ4n) is 2.06. The summed E-state index contributed by atoms with van der Waals surface area (Å²) in [6, 6.07) is 5.76. The van der Waals surface area contributed by atoms with Gasteiger partial charge in [-0.05, 0) is 25.1 Å². The lowest BCUT2D eigenvalue weighted by Crippen LogP contribution is -2.34. The first-order valence-corrected chi connectivity index (χ1v) is 6.69. The number of aromatic nitrogens is 1. The molecule has 0 spiro atoms. The Morgan fingerprint density at radius 3 is 2.84 bits per heavy atom. The van der Waals surface area contributed by atoms with Gasteiger partial charge in [-0.1, -0.05) is 15.9 Å². The van der Waals surface area contributed by atoms with Crippen LogP contribution in [0.2, 0.25) is 0 Å². The molecule has 2 rings (SSSR count). The van der Waals surface area contributed by atoms with Crippen molar-refractivity contribution in [3.8, 4) is 0 Å². The predicted molar refractivity (Wildman–Crippen MR) is 80.9 cm³/mol. The number of hydrogen-bond donors (Lipinski definition) is 2.